The number of thiophene rings is 1. The van der Waals surface area contributed by atoms with Crippen molar-refractivity contribution in [1.29, 1.82) is 0 Å². The molecule has 1 amide bonds. The van der Waals surface area contributed by atoms with Gasteiger partial charge in [-0.25, -0.2) is 0 Å². The molecule has 5 nitrogen and oxygen atoms in total. The van der Waals surface area contributed by atoms with Crippen molar-refractivity contribution >= 4 is 29.7 Å². The van der Waals surface area contributed by atoms with Crippen LogP contribution < -0.4 is 10.6 Å². The molecule has 0 aromatic carbocycles. The lowest BCUT2D eigenvalue weighted by Gasteiger charge is -2.23. The average Bonchev–Trinajstić information content (AvgIpc) is 2.90. The second-order valence-corrected chi connectivity index (χ2v) is 4.68. The van der Waals surface area contributed by atoms with Crippen molar-refractivity contribution in [3.8, 4) is 0 Å². The zero-order valence-electron chi connectivity index (χ0n) is 9.80. The standard InChI is InChI=1S/C11H16N2O3S.ClH/c14-10(8-1-4-17-7-8)5-13-11(15)9-6-16-3-2-12-9;/h1,4,7,9-10,12,14H,2-3,5-6H2,(H,13,15);1H. The maximum absolute atomic E-state index is 11.7. The molecule has 0 radical (unpaired) electrons. The zero-order chi connectivity index (χ0) is 12.1. The van der Waals surface area contributed by atoms with Gasteiger partial charge < -0.3 is 20.5 Å². The van der Waals surface area contributed by atoms with Crippen LogP contribution in [-0.2, 0) is 9.53 Å². The number of morpholine rings is 1. The maximum atomic E-state index is 11.7. The minimum atomic E-state index is -0.644. The van der Waals surface area contributed by atoms with Gasteiger partial charge in [-0.3, -0.25) is 4.79 Å². The summed E-state index contributed by atoms with van der Waals surface area (Å²) in [6, 6.07) is 1.54. The number of halogens is 1. The van der Waals surface area contributed by atoms with Crippen molar-refractivity contribution in [2.45, 2.75) is 12.1 Å². The summed E-state index contributed by atoms with van der Waals surface area (Å²) >= 11 is 1.53. The van der Waals surface area contributed by atoms with Crippen LogP contribution in [-0.4, -0.2) is 43.4 Å². The molecule has 1 aliphatic rings. The topological polar surface area (TPSA) is 70.6 Å². The minimum absolute atomic E-state index is 0. The first-order valence-electron chi connectivity index (χ1n) is 5.56. The van der Waals surface area contributed by atoms with E-state index in [9.17, 15) is 9.90 Å². The van der Waals surface area contributed by atoms with E-state index in [0.29, 0.717) is 19.8 Å². The van der Waals surface area contributed by atoms with Gasteiger partial charge in [-0.2, -0.15) is 11.3 Å². The van der Waals surface area contributed by atoms with E-state index >= 15 is 0 Å². The van der Waals surface area contributed by atoms with Crippen molar-refractivity contribution < 1.29 is 14.6 Å². The number of hydrogen-bond donors (Lipinski definition) is 3. The lowest BCUT2D eigenvalue weighted by molar-refractivity contribution is -0.126. The van der Waals surface area contributed by atoms with Crippen molar-refractivity contribution in [1.82, 2.24) is 10.6 Å². The predicted octanol–water partition coefficient (Wildman–Crippen LogP) is 0.308. The van der Waals surface area contributed by atoms with Gasteiger partial charge >= 0.3 is 0 Å². The molecule has 0 spiro atoms. The monoisotopic (exact) mass is 292 g/mol. The van der Waals surface area contributed by atoms with Crippen molar-refractivity contribution in [3.05, 3.63) is 22.4 Å². The largest absolute Gasteiger partial charge is 0.387 e. The van der Waals surface area contributed by atoms with E-state index in [-0.39, 0.29) is 30.9 Å². The van der Waals surface area contributed by atoms with Gasteiger partial charge in [-0.15, -0.1) is 12.4 Å². The molecule has 0 saturated carbocycles. The quantitative estimate of drug-likeness (QED) is 0.747. The maximum Gasteiger partial charge on any atom is 0.239 e. The molecular formula is C11H17ClN2O3S. The molecule has 1 aromatic heterocycles. The van der Waals surface area contributed by atoms with Gasteiger partial charge in [0, 0.05) is 13.1 Å². The van der Waals surface area contributed by atoms with E-state index in [1.54, 1.807) is 0 Å². The summed E-state index contributed by atoms with van der Waals surface area (Å²) in [5.74, 6) is -0.126. The Morgan fingerprint density at radius 1 is 1.72 bits per heavy atom. The second kappa shape index (κ2) is 7.70. The molecule has 18 heavy (non-hydrogen) atoms. The van der Waals surface area contributed by atoms with Crippen LogP contribution in [0.15, 0.2) is 16.8 Å². The highest BCUT2D eigenvalue weighted by Crippen LogP contribution is 2.15. The Hall–Kier alpha value is -0.660. The number of aliphatic hydroxyl groups is 1. The van der Waals surface area contributed by atoms with E-state index in [1.165, 1.54) is 11.3 Å². The van der Waals surface area contributed by atoms with Gasteiger partial charge in [-0.05, 0) is 22.4 Å². The molecule has 1 aliphatic heterocycles. The summed E-state index contributed by atoms with van der Waals surface area (Å²) in [4.78, 5) is 11.7. The highest BCUT2D eigenvalue weighted by Gasteiger charge is 2.21. The smallest absolute Gasteiger partial charge is 0.239 e. The number of carbonyl (C=O) groups is 1. The molecule has 3 N–H and O–H groups in total. The van der Waals surface area contributed by atoms with Crippen LogP contribution in [0.3, 0.4) is 0 Å². The Kier molecular flexibility index (Phi) is 6.59. The Morgan fingerprint density at radius 2 is 2.56 bits per heavy atom. The molecule has 2 atom stereocenters. The summed E-state index contributed by atoms with van der Waals surface area (Å²) in [7, 11) is 0. The molecule has 2 unspecified atom stereocenters. The van der Waals surface area contributed by atoms with Gasteiger partial charge in [0.05, 0.1) is 19.3 Å². The summed E-state index contributed by atoms with van der Waals surface area (Å²) < 4.78 is 5.20. The lowest BCUT2D eigenvalue weighted by Crippen LogP contribution is -2.51. The molecule has 2 heterocycles. The summed E-state index contributed by atoms with van der Waals surface area (Å²) in [5, 5.41) is 19.3. The van der Waals surface area contributed by atoms with Gasteiger partial charge in [-0.1, -0.05) is 0 Å². The predicted molar refractivity (Wildman–Crippen MR) is 72.1 cm³/mol. The minimum Gasteiger partial charge on any atom is -0.387 e. The highest BCUT2D eigenvalue weighted by atomic mass is 35.5. The number of ether oxygens (including phenoxy) is 1. The van der Waals surface area contributed by atoms with Crippen LogP contribution in [0, 0.1) is 0 Å². The summed E-state index contributed by atoms with van der Waals surface area (Å²) in [5.41, 5.74) is 0.836. The molecular weight excluding hydrogens is 276 g/mol. The van der Waals surface area contributed by atoms with Gasteiger partial charge in [0.2, 0.25) is 5.91 Å². The fraction of sp³-hybridized carbons (Fsp3) is 0.545. The lowest BCUT2D eigenvalue weighted by atomic mass is 10.2. The van der Waals surface area contributed by atoms with Crippen LogP contribution in [0.4, 0.5) is 0 Å². The van der Waals surface area contributed by atoms with Crippen LogP contribution in [0.2, 0.25) is 0 Å². The van der Waals surface area contributed by atoms with E-state index in [4.69, 9.17) is 4.74 Å². The third kappa shape index (κ3) is 4.22. The van der Waals surface area contributed by atoms with Crippen LogP contribution in [0.1, 0.15) is 11.7 Å². The zero-order valence-corrected chi connectivity index (χ0v) is 11.4. The Morgan fingerprint density at radius 3 is 3.17 bits per heavy atom. The van der Waals surface area contributed by atoms with Crippen molar-refractivity contribution in [2.75, 3.05) is 26.3 Å². The summed E-state index contributed by atoms with van der Waals surface area (Å²) in [6.07, 6.45) is -0.644. The van der Waals surface area contributed by atoms with Gasteiger partial charge in [0.25, 0.3) is 0 Å². The second-order valence-electron chi connectivity index (χ2n) is 3.90. The van der Waals surface area contributed by atoms with E-state index < -0.39 is 6.10 Å². The van der Waals surface area contributed by atoms with E-state index in [2.05, 4.69) is 10.6 Å². The summed E-state index contributed by atoms with van der Waals surface area (Å²) in [6.45, 7) is 1.95. The van der Waals surface area contributed by atoms with E-state index in [0.717, 1.165) is 5.56 Å². The highest BCUT2D eigenvalue weighted by molar-refractivity contribution is 7.07. The molecule has 1 saturated heterocycles. The first-order valence-corrected chi connectivity index (χ1v) is 6.50. The third-order valence-corrected chi connectivity index (χ3v) is 3.34. The fourth-order valence-corrected chi connectivity index (χ4v) is 2.34. The molecule has 0 bridgehead atoms. The van der Waals surface area contributed by atoms with E-state index in [1.807, 2.05) is 16.8 Å². The van der Waals surface area contributed by atoms with Gasteiger partial charge in [0.1, 0.15) is 6.04 Å². The third-order valence-electron chi connectivity index (χ3n) is 2.64. The first-order chi connectivity index (χ1) is 8.27. The molecule has 1 aromatic rings. The molecule has 2 rings (SSSR count). The normalized spacial score (nSPS) is 20.8. The van der Waals surface area contributed by atoms with Crippen LogP contribution >= 0.6 is 23.7 Å². The molecule has 1 fully saturated rings. The van der Waals surface area contributed by atoms with Crippen LogP contribution in [0.5, 0.6) is 0 Å². The number of rotatable bonds is 4. The Labute approximate surface area is 116 Å². The number of nitrogens with one attached hydrogen (secondary N) is 2. The SMILES string of the molecule is Cl.O=C(NCC(O)c1ccsc1)C1COCCN1. The van der Waals surface area contributed by atoms with Crippen molar-refractivity contribution in [3.63, 3.8) is 0 Å². The molecule has 102 valence electrons. The number of hydrogen-bond acceptors (Lipinski definition) is 5. The van der Waals surface area contributed by atoms with Crippen LogP contribution in [0.25, 0.3) is 0 Å². The van der Waals surface area contributed by atoms with Gasteiger partial charge in [0.15, 0.2) is 0 Å². The average molecular weight is 293 g/mol. The Bertz CT molecular complexity index is 355. The number of amides is 1. The first kappa shape index (κ1) is 15.4. The molecule has 7 heteroatoms. The molecule has 0 aliphatic carbocycles. The number of carbonyl (C=O) groups excluding carboxylic acids is 1. The van der Waals surface area contributed by atoms with Crippen molar-refractivity contribution in [2.24, 2.45) is 0 Å². The fourth-order valence-electron chi connectivity index (χ4n) is 1.64. The Balaban J connectivity index is 0.00000162. The number of aliphatic hydroxyl groups excluding tert-OH is 1.